The van der Waals surface area contributed by atoms with Gasteiger partial charge in [0, 0.05) is 18.7 Å². The highest BCUT2D eigenvalue weighted by Gasteiger charge is 2.33. The lowest BCUT2D eigenvalue weighted by Crippen LogP contribution is -2.48. The van der Waals surface area contributed by atoms with Crippen molar-refractivity contribution in [3.05, 3.63) is 18.0 Å². The number of nitrogens with zero attached hydrogens (tertiary/aromatic N) is 2. The summed E-state index contributed by atoms with van der Waals surface area (Å²) < 4.78 is 7.11. The molecule has 1 aliphatic carbocycles. The highest BCUT2D eigenvalue weighted by atomic mass is 16.5. The standard InChI is InChI=1S/C16H23N3O4/c20-15(13-7-8-17-19(13)12-5-1-2-6-12)18-14(16(21)22)11-4-3-9-23-10-11/h7-8,11-12,14H,1-6,9-10H2,(H,18,20)(H,21,22). The predicted molar refractivity (Wildman–Crippen MR) is 82.2 cm³/mol. The topological polar surface area (TPSA) is 93.5 Å². The summed E-state index contributed by atoms with van der Waals surface area (Å²) in [6, 6.07) is 0.978. The number of aromatic nitrogens is 2. The lowest BCUT2D eigenvalue weighted by atomic mass is 9.93. The van der Waals surface area contributed by atoms with Crippen LogP contribution in [0.3, 0.4) is 0 Å². The van der Waals surface area contributed by atoms with Crippen molar-refractivity contribution in [3.8, 4) is 0 Å². The van der Waals surface area contributed by atoms with Gasteiger partial charge in [-0.15, -0.1) is 0 Å². The Morgan fingerprint density at radius 2 is 2.09 bits per heavy atom. The molecule has 1 saturated carbocycles. The molecule has 2 fully saturated rings. The van der Waals surface area contributed by atoms with Crippen molar-refractivity contribution in [3.63, 3.8) is 0 Å². The SMILES string of the molecule is O=C(NC(C(=O)O)C1CCCOC1)c1ccnn1C1CCCC1. The Hall–Kier alpha value is -1.89. The molecule has 1 aromatic heterocycles. The molecule has 3 rings (SSSR count). The number of rotatable bonds is 5. The van der Waals surface area contributed by atoms with Crippen LogP contribution in [0.15, 0.2) is 12.3 Å². The number of ether oxygens (including phenoxy) is 1. The molecule has 1 aromatic rings. The lowest BCUT2D eigenvalue weighted by molar-refractivity contribution is -0.142. The Labute approximate surface area is 135 Å². The summed E-state index contributed by atoms with van der Waals surface area (Å²) >= 11 is 0. The number of hydrogen-bond acceptors (Lipinski definition) is 4. The van der Waals surface area contributed by atoms with Crippen LogP contribution in [0.25, 0.3) is 0 Å². The summed E-state index contributed by atoms with van der Waals surface area (Å²) in [5.74, 6) is -1.57. The molecule has 1 amide bonds. The molecule has 2 aliphatic rings. The largest absolute Gasteiger partial charge is 0.480 e. The van der Waals surface area contributed by atoms with Crippen LogP contribution in [0.5, 0.6) is 0 Å². The molecule has 7 heteroatoms. The van der Waals surface area contributed by atoms with E-state index in [9.17, 15) is 14.7 Å². The number of nitrogens with one attached hydrogen (secondary N) is 1. The van der Waals surface area contributed by atoms with E-state index in [1.54, 1.807) is 16.9 Å². The second kappa shape index (κ2) is 7.12. The van der Waals surface area contributed by atoms with E-state index in [0.29, 0.717) is 18.9 Å². The molecule has 126 valence electrons. The van der Waals surface area contributed by atoms with Crippen molar-refractivity contribution in [2.75, 3.05) is 13.2 Å². The molecule has 0 spiro atoms. The summed E-state index contributed by atoms with van der Waals surface area (Å²) in [5, 5.41) is 16.4. The van der Waals surface area contributed by atoms with Crippen molar-refractivity contribution in [2.24, 2.45) is 5.92 Å². The second-order valence-electron chi connectivity index (χ2n) is 6.37. The summed E-state index contributed by atoms with van der Waals surface area (Å²) in [4.78, 5) is 24.1. The van der Waals surface area contributed by atoms with E-state index < -0.39 is 12.0 Å². The fourth-order valence-electron chi connectivity index (χ4n) is 3.56. The normalized spacial score (nSPS) is 23.6. The zero-order chi connectivity index (χ0) is 16.2. The molecule has 7 nitrogen and oxygen atoms in total. The van der Waals surface area contributed by atoms with Gasteiger partial charge in [0.2, 0.25) is 0 Å². The van der Waals surface area contributed by atoms with Crippen molar-refractivity contribution < 1.29 is 19.4 Å². The number of amides is 1. The predicted octanol–water partition coefficient (Wildman–Crippen LogP) is 1.61. The summed E-state index contributed by atoms with van der Waals surface area (Å²) in [6.07, 6.45) is 7.49. The average molecular weight is 321 g/mol. The smallest absolute Gasteiger partial charge is 0.326 e. The molecule has 2 atom stereocenters. The third kappa shape index (κ3) is 3.55. The van der Waals surface area contributed by atoms with Gasteiger partial charge in [-0.3, -0.25) is 9.48 Å². The van der Waals surface area contributed by atoms with E-state index in [4.69, 9.17) is 4.74 Å². The number of carboxylic acids is 1. The van der Waals surface area contributed by atoms with Gasteiger partial charge in [-0.05, 0) is 31.7 Å². The van der Waals surface area contributed by atoms with Crippen LogP contribution in [0, 0.1) is 5.92 Å². The molecule has 1 saturated heterocycles. The minimum Gasteiger partial charge on any atom is -0.480 e. The monoisotopic (exact) mass is 321 g/mol. The van der Waals surface area contributed by atoms with Crippen LogP contribution < -0.4 is 5.32 Å². The molecule has 23 heavy (non-hydrogen) atoms. The zero-order valence-corrected chi connectivity index (χ0v) is 13.1. The summed E-state index contributed by atoms with van der Waals surface area (Å²) in [6.45, 7) is 1.03. The van der Waals surface area contributed by atoms with Gasteiger partial charge in [0.15, 0.2) is 0 Å². The highest BCUT2D eigenvalue weighted by molar-refractivity contribution is 5.95. The second-order valence-corrected chi connectivity index (χ2v) is 6.37. The van der Waals surface area contributed by atoms with Gasteiger partial charge in [-0.25, -0.2) is 4.79 Å². The number of carbonyl (C=O) groups is 2. The Kier molecular flexibility index (Phi) is 4.95. The molecular weight excluding hydrogens is 298 g/mol. The van der Waals surface area contributed by atoms with Crippen molar-refractivity contribution in [1.82, 2.24) is 15.1 Å². The molecule has 0 aromatic carbocycles. The Balaban J connectivity index is 1.71. The summed E-state index contributed by atoms with van der Waals surface area (Å²) in [7, 11) is 0. The van der Waals surface area contributed by atoms with Gasteiger partial charge < -0.3 is 15.2 Å². The quantitative estimate of drug-likeness (QED) is 0.859. The van der Waals surface area contributed by atoms with E-state index in [2.05, 4.69) is 10.4 Å². The van der Waals surface area contributed by atoms with Crippen molar-refractivity contribution in [1.29, 1.82) is 0 Å². The zero-order valence-electron chi connectivity index (χ0n) is 13.1. The minimum absolute atomic E-state index is 0.187. The van der Waals surface area contributed by atoms with E-state index in [0.717, 1.165) is 38.5 Å². The van der Waals surface area contributed by atoms with Crippen LogP contribution in [-0.2, 0) is 9.53 Å². The third-order valence-electron chi connectivity index (χ3n) is 4.79. The van der Waals surface area contributed by atoms with Gasteiger partial charge in [0.25, 0.3) is 5.91 Å². The van der Waals surface area contributed by atoms with Gasteiger partial charge in [-0.2, -0.15) is 5.10 Å². The number of hydrogen-bond donors (Lipinski definition) is 2. The molecule has 0 bridgehead atoms. The van der Waals surface area contributed by atoms with Crippen LogP contribution >= 0.6 is 0 Å². The number of aliphatic carboxylic acids is 1. The third-order valence-corrected chi connectivity index (χ3v) is 4.79. The molecule has 2 unspecified atom stereocenters. The maximum absolute atomic E-state index is 12.6. The van der Waals surface area contributed by atoms with E-state index in [1.807, 2.05) is 0 Å². The molecule has 2 heterocycles. The highest BCUT2D eigenvalue weighted by Crippen LogP contribution is 2.29. The Morgan fingerprint density at radius 1 is 1.30 bits per heavy atom. The van der Waals surface area contributed by atoms with Gasteiger partial charge in [0.05, 0.1) is 12.6 Å². The summed E-state index contributed by atoms with van der Waals surface area (Å²) in [5.41, 5.74) is 0.444. The maximum atomic E-state index is 12.6. The van der Waals surface area contributed by atoms with Gasteiger partial charge in [-0.1, -0.05) is 12.8 Å². The van der Waals surface area contributed by atoms with E-state index in [1.165, 1.54) is 0 Å². The van der Waals surface area contributed by atoms with Crippen molar-refractivity contribution >= 4 is 11.9 Å². The number of carboxylic acid groups (broad SMARTS) is 1. The van der Waals surface area contributed by atoms with Gasteiger partial charge >= 0.3 is 5.97 Å². The van der Waals surface area contributed by atoms with Gasteiger partial charge in [0.1, 0.15) is 11.7 Å². The average Bonchev–Trinajstić information content (AvgIpc) is 3.23. The molecule has 2 N–H and O–H groups in total. The molecule has 1 aliphatic heterocycles. The molecular formula is C16H23N3O4. The Morgan fingerprint density at radius 3 is 2.74 bits per heavy atom. The first-order valence-corrected chi connectivity index (χ1v) is 8.31. The molecule has 0 radical (unpaired) electrons. The Bertz CT molecular complexity index is 559. The first-order chi connectivity index (χ1) is 11.2. The number of carbonyl (C=O) groups excluding carboxylic acids is 1. The van der Waals surface area contributed by atoms with Crippen LogP contribution in [-0.4, -0.2) is 46.0 Å². The minimum atomic E-state index is -1.01. The lowest BCUT2D eigenvalue weighted by Gasteiger charge is -2.28. The fraction of sp³-hybridized carbons (Fsp3) is 0.688. The van der Waals surface area contributed by atoms with Crippen LogP contribution in [0.4, 0.5) is 0 Å². The van der Waals surface area contributed by atoms with E-state index >= 15 is 0 Å². The van der Waals surface area contributed by atoms with Crippen LogP contribution in [0.1, 0.15) is 55.1 Å². The van der Waals surface area contributed by atoms with Crippen LogP contribution in [0.2, 0.25) is 0 Å². The first-order valence-electron chi connectivity index (χ1n) is 8.31. The van der Waals surface area contributed by atoms with Crippen molar-refractivity contribution in [2.45, 2.75) is 50.6 Å². The maximum Gasteiger partial charge on any atom is 0.326 e. The fourth-order valence-corrected chi connectivity index (χ4v) is 3.56. The van der Waals surface area contributed by atoms with E-state index in [-0.39, 0.29) is 17.9 Å². The first kappa shape index (κ1) is 16.0.